The average molecular weight is 218 g/mol. The van der Waals surface area contributed by atoms with E-state index in [0.29, 0.717) is 0 Å². The summed E-state index contributed by atoms with van der Waals surface area (Å²) in [5, 5.41) is 26.4. The summed E-state index contributed by atoms with van der Waals surface area (Å²) in [4.78, 5) is 32.2. The minimum atomic E-state index is -1.77. The van der Waals surface area contributed by atoms with Crippen molar-refractivity contribution in [2.45, 2.75) is 26.4 Å². The Morgan fingerprint density at radius 1 is 1.13 bits per heavy atom. The molecule has 6 heteroatoms. The van der Waals surface area contributed by atoms with Gasteiger partial charge in [0.25, 0.3) is 0 Å². The number of carboxylic acids is 2. The summed E-state index contributed by atoms with van der Waals surface area (Å²) in [6, 6.07) is 0. The molecule has 2 unspecified atom stereocenters. The molecule has 0 aliphatic rings. The first-order chi connectivity index (χ1) is 6.77. The second-order valence-electron chi connectivity index (χ2n) is 3.54. The van der Waals surface area contributed by atoms with E-state index in [2.05, 4.69) is 0 Å². The second kappa shape index (κ2) is 5.45. The van der Waals surface area contributed by atoms with E-state index in [9.17, 15) is 19.5 Å². The van der Waals surface area contributed by atoms with Crippen molar-refractivity contribution >= 4 is 17.7 Å². The molecule has 0 saturated carbocycles. The van der Waals surface area contributed by atoms with E-state index in [-0.39, 0.29) is 0 Å². The van der Waals surface area contributed by atoms with E-state index < -0.39 is 42.1 Å². The van der Waals surface area contributed by atoms with Crippen LogP contribution in [0.4, 0.5) is 0 Å². The quantitative estimate of drug-likeness (QED) is 0.566. The van der Waals surface area contributed by atoms with Crippen LogP contribution in [0, 0.1) is 11.8 Å². The molecule has 0 bridgehead atoms. The van der Waals surface area contributed by atoms with Crippen LogP contribution in [0.2, 0.25) is 0 Å². The molecular formula is C9H14O6. The summed E-state index contributed by atoms with van der Waals surface area (Å²) < 4.78 is 0. The third-order valence-electron chi connectivity index (χ3n) is 1.95. The molecule has 0 rings (SSSR count). The highest BCUT2D eigenvalue weighted by Gasteiger charge is 2.34. The molecule has 0 spiro atoms. The molecule has 15 heavy (non-hydrogen) atoms. The van der Waals surface area contributed by atoms with Crippen molar-refractivity contribution < 1.29 is 29.7 Å². The number of aliphatic hydroxyl groups is 1. The van der Waals surface area contributed by atoms with Crippen LogP contribution in [0.25, 0.3) is 0 Å². The molecule has 0 aromatic carbocycles. The van der Waals surface area contributed by atoms with E-state index in [0.717, 1.165) is 0 Å². The molecule has 0 heterocycles. The van der Waals surface area contributed by atoms with Gasteiger partial charge in [-0.3, -0.25) is 14.4 Å². The Morgan fingerprint density at radius 3 is 1.87 bits per heavy atom. The maximum Gasteiger partial charge on any atom is 0.310 e. The van der Waals surface area contributed by atoms with Crippen LogP contribution in [-0.2, 0) is 14.4 Å². The Balaban J connectivity index is 4.70. The van der Waals surface area contributed by atoms with Gasteiger partial charge >= 0.3 is 11.9 Å². The molecule has 0 aliphatic carbocycles. The van der Waals surface area contributed by atoms with Crippen molar-refractivity contribution in [3.05, 3.63) is 0 Å². The van der Waals surface area contributed by atoms with Crippen LogP contribution in [0.15, 0.2) is 0 Å². The van der Waals surface area contributed by atoms with Gasteiger partial charge in [0, 0.05) is 5.92 Å². The predicted octanol–water partition coefficient (Wildman–Crippen LogP) is -0.252. The van der Waals surface area contributed by atoms with Crippen LogP contribution in [0.3, 0.4) is 0 Å². The van der Waals surface area contributed by atoms with Gasteiger partial charge in [-0.1, -0.05) is 13.8 Å². The van der Waals surface area contributed by atoms with E-state index >= 15 is 0 Å². The molecule has 0 saturated heterocycles. The van der Waals surface area contributed by atoms with Crippen LogP contribution in [-0.4, -0.2) is 39.1 Å². The van der Waals surface area contributed by atoms with Crippen molar-refractivity contribution in [1.29, 1.82) is 0 Å². The van der Waals surface area contributed by atoms with Crippen molar-refractivity contribution in [2.75, 3.05) is 0 Å². The maximum atomic E-state index is 11.3. The molecule has 2 atom stereocenters. The summed E-state index contributed by atoms with van der Waals surface area (Å²) in [5.41, 5.74) is 0. The molecule has 0 amide bonds. The zero-order valence-electron chi connectivity index (χ0n) is 8.51. The first-order valence-corrected chi connectivity index (χ1v) is 4.43. The van der Waals surface area contributed by atoms with Gasteiger partial charge in [-0.05, 0) is 0 Å². The van der Waals surface area contributed by atoms with Gasteiger partial charge in [0.2, 0.25) is 0 Å². The zero-order valence-corrected chi connectivity index (χ0v) is 8.51. The van der Waals surface area contributed by atoms with E-state index in [1.807, 2.05) is 0 Å². The number of ketones is 1. The number of carboxylic acid groups (broad SMARTS) is 2. The molecule has 0 aromatic rings. The van der Waals surface area contributed by atoms with E-state index in [1.165, 1.54) is 13.8 Å². The highest BCUT2D eigenvalue weighted by atomic mass is 16.4. The minimum Gasteiger partial charge on any atom is -0.481 e. The zero-order chi connectivity index (χ0) is 12.2. The Morgan fingerprint density at radius 2 is 1.60 bits per heavy atom. The lowest BCUT2D eigenvalue weighted by molar-refractivity contribution is -0.156. The van der Waals surface area contributed by atoms with E-state index in [4.69, 9.17) is 10.2 Å². The number of carbonyl (C=O) groups is 3. The lowest BCUT2D eigenvalue weighted by Crippen LogP contribution is -2.38. The van der Waals surface area contributed by atoms with Gasteiger partial charge in [-0.2, -0.15) is 0 Å². The third-order valence-corrected chi connectivity index (χ3v) is 1.95. The van der Waals surface area contributed by atoms with Crippen LogP contribution in [0.1, 0.15) is 20.3 Å². The number of aliphatic carboxylic acids is 2. The molecule has 6 nitrogen and oxygen atoms in total. The first kappa shape index (κ1) is 13.6. The van der Waals surface area contributed by atoms with Crippen molar-refractivity contribution in [1.82, 2.24) is 0 Å². The summed E-state index contributed by atoms with van der Waals surface area (Å²) in [5.74, 6) is -5.63. The molecule has 0 aliphatic heterocycles. The highest BCUT2D eigenvalue weighted by molar-refractivity contribution is 5.90. The number of aliphatic hydroxyl groups excluding tert-OH is 1. The monoisotopic (exact) mass is 218 g/mol. The Hall–Kier alpha value is -1.43. The molecule has 0 fully saturated rings. The second-order valence-corrected chi connectivity index (χ2v) is 3.54. The molecule has 86 valence electrons. The van der Waals surface area contributed by atoms with Gasteiger partial charge in [0.1, 0.15) is 12.0 Å². The standard InChI is InChI=1S/C9H14O6/c1-4(2)7(12)8(13)5(9(14)15)3-6(10)11/h4-5,8,13H,3H2,1-2H3,(H,10,11)(H,14,15). The fourth-order valence-electron chi connectivity index (χ4n) is 1.06. The van der Waals surface area contributed by atoms with Gasteiger partial charge in [0.05, 0.1) is 6.42 Å². The number of hydrogen-bond donors (Lipinski definition) is 3. The SMILES string of the molecule is CC(C)C(=O)C(O)C(CC(=O)O)C(=O)O. The minimum absolute atomic E-state index is 0.532. The number of hydrogen-bond acceptors (Lipinski definition) is 4. The lowest BCUT2D eigenvalue weighted by atomic mass is 9.91. The number of carbonyl (C=O) groups excluding carboxylic acids is 1. The number of Topliss-reactive ketones (excluding diaryl/α,β-unsaturated/α-hetero) is 1. The van der Waals surface area contributed by atoms with Crippen LogP contribution in [0.5, 0.6) is 0 Å². The molecule has 0 radical (unpaired) electrons. The van der Waals surface area contributed by atoms with E-state index in [1.54, 1.807) is 0 Å². The summed E-state index contributed by atoms with van der Waals surface area (Å²) >= 11 is 0. The third kappa shape index (κ3) is 4.07. The fraction of sp³-hybridized carbons (Fsp3) is 0.667. The molecule has 0 aromatic heterocycles. The Kier molecular flexibility index (Phi) is 4.93. The van der Waals surface area contributed by atoms with Crippen molar-refractivity contribution in [3.8, 4) is 0 Å². The van der Waals surface area contributed by atoms with Gasteiger partial charge in [-0.15, -0.1) is 0 Å². The first-order valence-electron chi connectivity index (χ1n) is 4.43. The van der Waals surface area contributed by atoms with Gasteiger partial charge in [0.15, 0.2) is 5.78 Å². The van der Waals surface area contributed by atoms with Crippen LogP contribution < -0.4 is 0 Å². The maximum absolute atomic E-state index is 11.3. The summed E-state index contributed by atoms with van der Waals surface area (Å²) in [6.45, 7) is 3.01. The smallest absolute Gasteiger partial charge is 0.310 e. The fourth-order valence-corrected chi connectivity index (χ4v) is 1.06. The highest BCUT2D eigenvalue weighted by Crippen LogP contribution is 2.14. The van der Waals surface area contributed by atoms with Crippen molar-refractivity contribution in [2.24, 2.45) is 11.8 Å². The molecule has 3 N–H and O–H groups in total. The summed E-state index contributed by atoms with van der Waals surface area (Å²) in [6.07, 6.45) is -2.53. The normalized spacial score (nSPS) is 14.7. The van der Waals surface area contributed by atoms with Crippen molar-refractivity contribution in [3.63, 3.8) is 0 Å². The summed E-state index contributed by atoms with van der Waals surface area (Å²) in [7, 11) is 0. The largest absolute Gasteiger partial charge is 0.481 e. The Bertz CT molecular complexity index is 270. The lowest BCUT2D eigenvalue weighted by Gasteiger charge is -2.17. The number of rotatable bonds is 6. The van der Waals surface area contributed by atoms with Crippen LogP contribution >= 0.6 is 0 Å². The molecular weight excluding hydrogens is 204 g/mol. The topological polar surface area (TPSA) is 112 Å². The van der Waals surface area contributed by atoms with Gasteiger partial charge < -0.3 is 15.3 Å². The van der Waals surface area contributed by atoms with Gasteiger partial charge in [-0.25, -0.2) is 0 Å². The predicted molar refractivity (Wildman–Crippen MR) is 49.2 cm³/mol. The Labute approximate surface area is 86.5 Å². The average Bonchev–Trinajstić information content (AvgIpc) is 2.10.